The second-order valence-corrected chi connectivity index (χ2v) is 19.4. The minimum Gasteiger partial charge on any atom is -0.507 e. The molecule has 390 valence electrons. The Hall–Kier alpha value is -4.95. The van der Waals surface area contributed by atoms with Crippen LogP contribution in [0.2, 0.25) is 0 Å². The van der Waals surface area contributed by atoms with Crippen molar-refractivity contribution in [3.63, 3.8) is 0 Å². The van der Waals surface area contributed by atoms with Crippen molar-refractivity contribution in [3.8, 4) is 17.2 Å². The van der Waals surface area contributed by atoms with Crippen LogP contribution in [0.5, 0.6) is 17.2 Å². The quantitative estimate of drug-likeness (QED) is 0.0300. The summed E-state index contributed by atoms with van der Waals surface area (Å²) in [6, 6.07) is 3.68. The first-order chi connectivity index (χ1) is 34.1. The number of phenols is 2. The molecular weight excluding hydrogens is 953 g/mol. The number of benzene rings is 2. The second kappa shape index (κ2) is 24.6. The summed E-state index contributed by atoms with van der Waals surface area (Å²) in [5.74, 6) is -3.65. The molecule has 3 fully saturated rings. The molecular formula is C48H64N4O18S. The Morgan fingerprint density at radius 2 is 1.56 bits per heavy atom. The number of rotatable bonds is 26. The van der Waals surface area contributed by atoms with Crippen molar-refractivity contribution in [1.29, 1.82) is 0 Å². The largest absolute Gasteiger partial charge is 0.507 e. The highest BCUT2D eigenvalue weighted by atomic mass is 32.2. The average molecular weight is 1020 g/mol. The first-order valence-corrected chi connectivity index (χ1v) is 25.0. The van der Waals surface area contributed by atoms with Crippen LogP contribution in [0, 0.1) is 0 Å². The molecule has 0 unspecified atom stereocenters. The first kappa shape index (κ1) is 53.8. The molecule has 23 heteroatoms. The Morgan fingerprint density at radius 3 is 2.27 bits per heavy atom. The number of urea groups is 1. The van der Waals surface area contributed by atoms with Gasteiger partial charge in [0, 0.05) is 66.3 Å². The summed E-state index contributed by atoms with van der Waals surface area (Å²) < 4.78 is 39.6. The third-order valence-corrected chi connectivity index (χ3v) is 14.9. The number of unbranched alkanes of at least 4 members (excludes halogenated alkanes) is 1. The molecule has 71 heavy (non-hydrogen) atoms. The van der Waals surface area contributed by atoms with Crippen molar-refractivity contribution in [2.75, 3.05) is 78.9 Å². The molecule has 0 bridgehead atoms. The van der Waals surface area contributed by atoms with E-state index in [9.17, 15) is 54.3 Å². The van der Waals surface area contributed by atoms with Gasteiger partial charge < -0.3 is 80.0 Å². The summed E-state index contributed by atoms with van der Waals surface area (Å²) in [5.41, 5.74) is -4.08. The highest BCUT2D eigenvalue weighted by Crippen LogP contribution is 2.52. The molecule has 9 N–H and O–H groups in total. The van der Waals surface area contributed by atoms with Crippen molar-refractivity contribution < 1.29 is 87.5 Å². The van der Waals surface area contributed by atoms with E-state index in [0.717, 1.165) is 25.0 Å². The monoisotopic (exact) mass is 1020 g/mol. The van der Waals surface area contributed by atoms with E-state index in [4.69, 9.17) is 33.2 Å². The van der Waals surface area contributed by atoms with Gasteiger partial charge in [-0.2, -0.15) is 11.8 Å². The van der Waals surface area contributed by atoms with Crippen molar-refractivity contribution in [1.82, 2.24) is 21.3 Å². The molecule has 4 amide bonds. The van der Waals surface area contributed by atoms with Crippen molar-refractivity contribution in [2.45, 2.75) is 112 Å². The number of ketones is 3. The zero-order valence-corrected chi connectivity index (χ0v) is 40.6. The van der Waals surface area contributed by atoms with Gasteiger partial charge in [-0.3, -0.25) is 24.0 Å². The molecule has 3 saturated heterocycles. The van der Waals surface area contributed by atoms with E-state index in [-0.39, 0.29) is 84.7 Å². The maximum Gasteiger partial charge on any atom is 0.315 e. The molecule has 22 nitrogen and oxygen atoms in total. The van der Waals surface area contributed by atoms with E-state index in [1.807, 2.05) is 11.8 Å². The Labute approximate surface area is 414 Å². The summed E-state index contributed by atoms with van der Waals surface area (Å²) in [4.78, 5) is 77.4. The highest BCUT2D eigenvalue weighted by molar-refractivity contribution is 8.00. The molecule has 3 aliphatic heterocycles. The van der Waals surface area contributed by atoms with Crippen LogP contribution in [0.3, 0.4) is 0 Å². The fourth-order valence-corrected chi connectivity index (χ4v) is 11.2. The topological polar surface area (TPSA) is 316 Å². The fraction of sp³-hybridized carbons (Fsp3) is 0.625. The SMILES string of the molecule is COc1cccc2c1C(=O)c1c(O)c3c(c(O)c1C2=O)C[C@@](O)(C(=O)CO)C[C@@H]3O[C@H]1C[C@H](NC(=O)CCOCCOCCOCCOCCNC(=O)CCCC[C@@H]2SC[C@@H]3NC(=O)N[C@@H]32)[C@H](O)[C@H](C)O1. The number of ether oxygens (including phenoxy) is 7. The lowest BCUT2D eigenvalue weighted by Gasteiger charge is -2.43. The maximum absolute atomic E-state index is 14.0. The number of aliphatic hydroxyl groups excluding tert-OH is 2. The van der Waals surface area contributed by atoms with Gasteiger partial charge >= 0.3 is 6.03 Å². The Morgan fingerprint density at radius 1 is 0.873 bits per heavy atom. The molecule has 2 aliphatic carbocycles. The minimum atomic E-state index is -2.35. The lowest BCUT2D eigenvalue weighted by molar-refractivity contribution is -0.249. The third kappa shape index (κ3) is 12.6. The smallest absolute Gasteiger partial charge is 0.315 e. The van der Waals surface area contributed by atoms with Crippen LogP contribution in [-0.4, -0.2) is 187 Å². The summed E-state index contributed by atoms with van der Waals surface area (Å²) in [6.45, 7) is 3.06. The lowest BCUT2D eigenvalue weighted by atomic mass is 9.72. The van der Waals surface area contributed by atoms with Gasteiger partial charge in [0.15, 0.2) is 17.9 Å². The van der Waals surface area contributed by atoms with Gasteiger partial charge in [0.2, 0.25) is 17.6 Å². The molecule has 5 aliphatic rings. The number of aromatic hydroxyl groups is 2. The van der Waals surface area contributed by atoms with Crippen LogP contribution >= 0.6 is 11.8 Å². The molecule has 2 aromatic carbocycles. The number of fused-ring (bicyclic) bond motifs is 4. The van der Waals surface area contributed by atoms with Crippen LogP contribution in [0.15, 0.2) is 18.2 Å². The van der Waals surface area contributed by atoms with Gasteiger partial charge in [0.1, 0.15) is 35.6 Å². The van der Waals surface area contributed by atoms with E-state index in [0.29, 0.717) is 51.2 Å². The van der Waals surface area contributed by atoms with E-state index >= 15 is 0 Å². The molecule has 7 rings (SSSR count). The third-order valence-electron chi connectivity index (χ3n) is 13.3. The van der Waals surface area contributed by atoms with Crippen LogP contribution in [0.25, 0.3) is 0 Å². The van der Waals surface area contributed by atoms with E-state index in [2.05, 4.69) is 21.3 Å². The maximum atomic E-state index is 14.0. The van der Waals surface area contributed by atoms with Crippen LogP contribution in [-0.2, 0) is 49.2 Å². The van der Waals surface area contributed by atoms with Crippen LogP contribution in [0.4, 0.5) is 4.79 Å². The van der Waals surface area contributed by atoms with Crippen molar-refractivity contribution in [3.05, 3.63) is 51.6 Å². The predicted molar refractivity (Wildman–Crippen MR) is 251 cm³/mol. The average Bonchev–Trinajstić information content (AvgIpc) is 3.91. The number of hydrogen-bond acceptors (Lipinski definition) is 19. The number of hydrogen-bond donors (Lipinski definition) is 9. The number of amides is 4. The molecule has 3 heterocycles. The predicted octanol–water partition coefficient (Wildman–Crippen LogP) is 0.457. The molecule has 0 aromatic heterocycles. The fourth-order valence-electron chi connectivity index (χ4n) is 9.69. The molecule has 0 radical (unpaired) electrons. The summed E-state index contributed by atoms with van der Waals surface area (Å²) in [7, 11) is 1.31. The van der Waals surface area contributed by atoms with E-state index < -0.39 is 102 Å². The number of Topliss-reactive ketones (excluding diaryl/α,β-unsaturated/α-hetero) is 1. The Balaban J connectivity index is 0.784. The zero-order chi connectivity index (χ0) is 50.8. The number of phenolic OH excluding ortho intramolecular Hbond substituents is 2. The molecule has 0 spiro atoms. The lowest BCUT2D eigenvalue weighted by Crippen LogP contribution is -2.56. The number of thioether (sulfide) groups is 1. The van der Waals surface area contributed by atoms with Gasteiger partial charge in [0.05, 0.1) is 107 Å². The summed E-state index contributed by atoms with van der Waals surface area (Å²) in [6.07, 6.45) is -3.14. The molecule has 0 saturated carbocycles. The minimum absolute atomic E-state index is 0.0158. The number of carbonyl (C=O) groups is 6. The first-order valence-electron chi connectivity index (χ1n) is 23.9. The number of carbonyl (C=O) groups excluding carboxylic acids is 6. The summed E-state index contributed by atoms with van der Waals surface area (Å²) >= 11 is 1.87. The van der Waals surface area contributed by atoms with Gasteiger partial charge in [-0.25, -0.2) is 4.79 Å². The molecule has 9 atom stereocenters. The number of nitrogens with one attached hydrogen (secondary N) is 4. The van der Waals surface area contributed by atoms with Crippen molar-refractivity contribution >= 4 is 47.0 Å². The van der Waals surface area contributed by atoms with Gasteiger partial charge in [-0.1, -0.05) is 18.6 Å². The zero-order valence-electron chi connectivity index (χ0n) is 39.7. The van der Waals surface area contributed by atoms with Crippen LogP contribution < -0.4 is 26.0 Å². The standard InChI is InChI=1S/C48H64N4O18S/c1-25-42(57)28(50-35(56)10-12-65-14-16-67-18-19-68-17-15-66-13-11-49-34(55)9-4-3-8-32-41-29(24-71-32)51-47(62)52-41)20-36(69-25)70-31-22-48(63,33(54)23-53)21-27-38(31)46(61)40-39(44(27)59)43(58)26-6-5-7-30(64-2)37(26)45(40)60/h5-7,25,28-29,31-32,36,41-42,53,57,59,61,63H,3-4,8-24H2,1-2H3,(H,49,55)(H,50,56)(H2,51,52,62)/t25-,28-,29-,31-,32-,36-,41-,42+,48-/m0/s1. The Kier molecular flexibility index (Phi) is 18.7. The number of aliphatic hydroxyl groups is 3. The second-order valence-electron chi connectivity index (χ2n) is 18.1. The number of methoxy groups -OCH3 is 1. The Bertz CT molecular complexity index is 2280. The van der Waals surface area contributed by atoms with Gasteiger partial charge in [0.25, 0.3) is 0 Å². The molecule has 2 aromatic rings. The summed E-state index contributed by atoms with van der Waals surface area (Å²) in [5, 5.41) is 67.7. The highest BCUT2D eigenvalue weighted by Gasteiger charge is 2.50. The van der Waals surface area contributed by atoms with Crippen LogP contribution in [0.1, 0.15) is 101 Å². The van der Waals surface area contributed by atoms with E-state index in [1.165, 1.54) is 32.2 Å². The normalized spacial score (nSPS) is 26.4. The van der Waals surface area contributed by atoms with Gasteiger partial charge in [-0.05, 0) is 25.8 Å². The van der Waals surface area contributed by atoms with Gasteiger partial charge in [-0.15, -0.1) is 0 Å². The van der Waals surface area contributed by atoms with E-state index in [1.54, 1.807) is 0 Å². The van der Waals surface area contributed by atoms with Crippen molar-refractivity contribution in [2.24, 2.45) is 0 Å².